The molecule has 0 aliphatic heterocycles. The van der Waals surface area contributed by atoms with Gasteiger partial charge in [0.15, 0.2) is 6.61 Å². The lowest BCUT2D eigenvalue weighted by molar-refractivity contribution is -0.124. The monoisotopic (exact) mass is 356 g/mol. The number of rotatable bonds is 7. The Morgan fingerprint density at radius 1 is 1.08 bits per heavy atom. The lowest BCUT2D eigenvalue weighted by Crippen LogP contribution is -2.28. The Kier molecular flexibility index (Phi) is 6.60. The van der Waals surface area contributed by atoms with E-state index >= 15 is 0 Å². The molecule has 0 saturated heterocycles. The minimum Gasteiger partial charge on any atom is -0.496 e. The van der Waals surface area contributed by atoms with Crippen LogP contribution in [-0.2, 0) is 16.1 Å². The van der Waals surface area contributed by atoms with Crippen LogP contribution in [-0.4, -0.2) is 39.7 Å². The van der Waals surface area contributed by atoms with Crippen molar-refractivity contribution < 1.29 is 19.1 Å². The van der Waals surface area contributed by atoms with Gasteiger partial charge >= 0.3 is 5.97 Å². The van der Waals surface area contributed by atoms with Crippen molar-refractivity contribution in [3.8, 4) is 5.75 Å². The van der Waals surface area contributed by atoms with Crippen LogP contribution in [0.1, 0.15) is 21.5 Å². The average Bonchev–Trinajstić information content (AvgIpc) is 2.64. The second kappa shape index (κ2) is 8.89. The van der Waals surface area contributed by atoms with E-state index in [0.29, 0.717) is 17.9 Å². The van der Waals surface area contributed by atoms with E-state index < -0.39 is 5.97 Å². The van der Waals surface area contributed by atoms with Gasteiger partial charge in [0.1, 0.15) is 11.3 Å². The maximum absolute atomic E-state index is 12.2. The van der Waals surface area contributed by atoms with Crippen molar-refractivity contribution in [3.05, 3.63) is 59.2 Å². The molecule has 0 aliphatic carbocycles. The minimum absolute atomic E-state index is 0.305. The summed E-state index contributed by atoms with van der Waals surface area (Å²) >= 11 is 0. The van der Waals surface area contributed by atoms with Crippen molar-refractivity contribution in [2.45, 2.75) is 13.5 Å². The number of benzene rings is 2. The van der Waals surface area contributed by atoms with Crippen LogP contribution in [0.15, 0.2) is 42.5 Å². The predicted octanol–water partition coefficient (Wildman–Crippen LogP) is 2.54. The number of amides is 1. The first-order valence-electron chi connectivity index (χ1n) is 8.25. The van der Waals surface area contributed by atoms with Gasteiger partial charge in [-0.2, -0.15) is 0 Å². The van der Waals surface area contributed by atoms with Crippen LogP contribution in [0.25, 0.3) is 0 Å². The molecule has 1 amide bonds. The van der Waals surface area contributed by atoms with Crippen molar-refractivity contribution in [1.82, 2.24) is 5.32 Å². The van der Waals surface area contributed by atoms with Crippen molar-refractivity contribution in [2.75, 3.05) is 32.7 Å². The van der Waals surface area contributed by atoms with Crippen LogP contribution in [0, 0.1) is 6.92 Å². The lowest BCUT2D eigenvalue weighted by atomic mass is 10.1. The maximum Gasteiger partial charge on any atom is 0.342 e. The Morgan fingerprint density at radius 3 is 2.38 bits per heavy atom. The molecule has 2 rings (SSSR count). The van der Waals surface area contributed by atoms with Crippen LogP contribution < -0.4 is 15.0 Å². The second-order valence-electron chi connectivity index (χ2n) is 6.12. The number of nitrogens with zero attached hydrogens (tertiary/aromatic N) is 1. The van der Waals surface area contributed by atoms with Gasteiger partial charge in [-0.05, 0) is 36.8 Å². The lowest BCUT2D eigenvalue weighted by Gasteiger charge is -2.13. The molecule has 0 radical (unpaired) electrons. The molecule has 2 aromatic carbocycles. The van der Waals surface area contributed by atoms with Crippen molar-refractivity contribution in [2.24, 2.45) is 0 Å². The summed E-state index contributed by atoms with van der Waals surface area (Å²) in [4.78, 5) is 26.1. The second-order valence-corrected chi connectivity index (χ2v) is 6.12. The SMILES string of the molecule is COc1ccc(C)cc1C(=O)OCC(=O)NCc1ccc(N(C)C)cc1. The van der Waals surface area contributed by atoms with E-state index in [1.165, 1.54) is 7.11 Å². The van der Waals surface area contributed by atoms with E-state index in [2.05, 4.69) is 5.32 Å². The summed E-state index contributed by atoms with van der Waals surface area (Å²) in [6.45, 7) is 1.90. The number of aryl methyl sites for hydroxylation is 1. The molecule has 0 bridgehead atoms. The van der Waals surface area contributed by atoms with Crippen LogP contribution >= 0.6 is 0 Å². The van der Waals surface area contributed by atoms with Gasteiger partial charge in [-0.1, -0.05) is 23.8 Å². The van der Waals surface area contributed by atoms with E-state index in [1.807, 2.05) is 56.3 Å². The topological polar surface area (TPSA) is 67.9 Å². The highest BCUT2D eigenvalue weighted by Gasteiger charge is 2.15. The van der Waals surface area contributed by atoms with E-state index in [0.717, 1.165) is 16.8 Å². The third-order valence-corrected chi connectivity index (χ3v) is 3.85. The fourth-order valence-corrected chi connectivity index (χ4v) is 2.35. The van der Waals surface area contributed by atoms with E-state index in [1.54, 1.807) is 12.1 Å². The first kappa shape index (κ1) is 19.3. The number of esters is 1. The number of carbonyl (C=O) groups excluding carboxylic acids is 2. The molecule has 1 N–H and O–H groups in total. The summed E-state index contributed by atoms with van der Waals surface area (Å²) in [5.74, 6) is -0.528. The van der Waals surface area contributed by atoms with Gasteiger partial charge < -0.3 is 19.7 Å². The highest BCUT2D eigenvalue weighted by atomic mass is 16.5. The Labute approximate surface area is 153 Å². The van der Waals surface area contributed by atoms with Gasteiger partial charge in [0, 0.05) is 26.3 Å². The largest absolute Gasteiger partial charge is 0.496 e. The number of hydrogen-bond acceptors (Lipinski definition) is 5. The smallest absolute Gasteiger partial charge is 0.342 e. The molecule has 0 heterocycles. The van der Waals surface area contributed by atoms with Gasteiger partial charge in [0.05, 0.1) is 7.11 Å². The molecule has 0 saturated carbocycles. The van der Waals surface area contributed by atoms with Crippen LogP contribution in [0.4, 0.5) is 5.69 Å². The number of ether oxygens (including phenoxy) is 2. The highest BCUT2D eigenvalue weighted by Crippen LogP contribution is 2.20. The number of methoxy groups -OCH3 is 1. The Hall–Kier alpha value is -3.02. The van der Waals surface area contributed by atoms with Gasteiger partial charge in [-0.25, -0.2) is 4.79 Å². The Morgan fingerprint density at radius 2 is 1.77 bits per heavy atom. The number of carbonyl (C=O) groups is 2. The van der Waals surface area contributed by atoms with Crippen molar-refractivity contribution in [3.63, 3.8) is 0 Å². The average molecular weight is 356 g/mol. The number of nitrogens with one attached hydrogen (secondary N) is 1. The van der Waals surface area contributed by atoms with Crippen LogP contribution in [0.3, 0.4) is 0 Å². The Balaban J connectivity index is 1.85. The van der Waals surface area contributed by atoms with Crippen LogP contribution in [0.2, 0.25) is 0 Å². The summed E-state index contributed by atoms with van der Waals surface area (Å²) in [6.07, 6.45) is 0. The molecule has 6 nitrogen and oxygen atoms in total. The molecule has 0 fully saturated rings. The zero-order valence-corrected chi connectivity index (χ0v) is 15.5. The van der Waals surface area contributed by atoms with E-state index in [4.69, 9.17) is 9.47 Å². The molecular weight excluding hydrogens is 332 g/mol. The molecule has 2 aromatic rings. The summed E-state index contributed by atoms with van der Waals surface area (Å²) in [7, 11) is 5.42. The molecule has 0 atom stereocenters. The predicted molar refractivity (Wildman–Crippen MR) is 101 cm³/mol. The fraction of sp³-hybridized carbons (Fsp3) is 0.300. The molecule has 138 valence electrons. The zero-order valence-electron chi connectivity index (χ0n) is 15.5. The molecule has 0 spiro atoms. The molecular formula is C20H24N2O4. The summed E-state index contributed by atoms with van der Waals surface area (Å²) in [5.41, 5.74) is 3.26. The van der Waals surface area contributed by atoms with Gasteiger partial charge in [0.2, 0.25) is 0 Å². The molecule has 0 aromatic heterocycles. The minimum atomic E-state index is -0.587. The quantitative estimate of drug-likeness (QED) is 0.772. The van der Waals surface area contributed by atoms with Crippen LogP contribution in [0.5, 0.6) is 5.75 Å². The number of hydrogen-bond donors (Lipinski definition) is 1. The first-order valence-corrected chi connectivity index (χ1v) is 8.25. The van der Waals surface area contributed by atoms with Gasteiger partial charge in [-0.15, -0.1) is 0 Å². The first-order chi connectivity index (χ1) is 12.4. The summed E-state index contributed by atoms with van der Waals surface area (Å²) < 4.78 is 10.2. The molecule has 6 heteroatoms. The maximum atomic E-state index is 12.2. The van der Waals surface area contributed by atoms with Gasteiger partial charge in [-0.3, -0.25) is 4.79 Å². The Bertz CT molecular complexity index is 770. The summed E-state index contributed by atoms with van der Waals surface area (Å²) in [6, 6.07) is 13.0. The van der Waals surface area contributed by atoms with Crippen molar-refractivity contribution in [1.29, 1.82) is 0 Å². The normalized spacial score (nSPS) is 10.2. The third kappa shape index (κ3) is 5.24. The summed E-state index contributed by atoms with van der Waals surface area (Å²) in [5, 5.41) is 2.73. The molecule has 26 heavy (non-hydrogen) atoms. The third-order valence-electron chi connectivity index (χ3n) is 3.85. The zero-order chi connectivity index (χ0) is 19.1. The fourth-order valence-electron chi connectivity index (χ4n) is 2.35. The molecule has 0 aliphatic rings. The van der Waals surface area contributed by atoms with E-state index in [-0.39, 0.29) is 12.5 Å². The molecule has 0 unspecified atom stereocenters. The van der Waals surface area contributed by atoms with Gasteiger partial charge in [0.25, 0.3) is 5.91 Å². The highest BCUT2D eigenvalue weighted by molar-refractivity contribution is 5.94. The van der Waals surface area contributed by atoms with E-state index in [9.17, 15) is 9.59 Å². The standard InChI is InChI=1S/C20H24N2O4/c1-14-5-10-18(25-4)17(11-14)20(24)26-13-19(23)21-12-15-6-8-16(9-7-15)22(2)3/h5-11H,12-13H2,1-4H3,(H,21,23). The number of anilines is 1. The van der Waals surface area contributed by atoms with Crippen molar-refractivity contribution >= 4 is 17.6 Å².